The zero-order chi connectivity index (χ0) is 25.4. The van der Waals surface area contributed by atoms with Crippen molar-refractivity contribution in [3.05, 3.63) is 114 Å². The molecule has 6 aromatic rings. The summed E-state index contributed by atoms with van der Waals surface area (Å²) in [5.74, 6) is 0.452. The molecule has 0 saturated heterocycles. The van der Waals surface area contributed by atoms with Crippen molar-refractivity contribution in [1.29, 1.82) is 15.8 Å². The lowest BCUT2D eigenvalue weighted by Crippen LogP contribution is -1.99. The quantitative estimate of drug-likeness (QED) is 0.292. The van der Waals surface area contributed by atoms with Crippen LogP contribution in [0.1, 0.15) is 16.7 Å². The van der Waals surface area contributed by atoms with Crippen molar-refractivity contribution < 1.29 is 0 Å². The summed E-state index contributed by atoms with van der Waals surface area (Å²) in [6, 6.07) is 34.1. The number of nitriles is 3. The van der Waals surface area contributed by atoms with Gasteiger partial charge in [0.2, 0.25) is 0 Å². The van der Waals surface area contributed by atoms with Crippen molar-refractivity contribution in [1.82, 2.24) is 14.5 Å². The minimum atomic E-state index is 0.380. The molecule has 0 atom stereocenters. The van der Waals surface area contributed by atoms with Gasteiger partial charge in [-0.2, -0.15) is 15.8 Å². The molecule has 0 aliphatic rings. The van der Waals surface area contributed by atoms with E-state index in [-0.39, 0.29) is 0 Å². The molecule has 6 rings (SSSR count). The standard InChI is InChI=1S/C31H16N6/c32-15-20-4-3-5-22(12-20)23-8-11-30-27(14-23)26-6-1-2-7-29(26)37(30)28-10-9-24(13-25(28)17-34)31-35-18-21(16-33)19-36-31/h1-14,18-19H. The van der Waals surface area contributed by atoms with Gasteiger partial charge in [0.15, 0.2) is 5.82 Å². The normalized spacial score (nSPS) is 10.6. The predicted molar refractivity (Wildman–Crippen MR) is 141 cm³/mol. The van der Waals surface area contributed by atoms with Crippen LogP contribution in [0.4, 0.5) is 0 Å². The number of hydrogen-bond donors (Lipinski definition) is 0. The van der Waals surface area contributed by atoms with E-state index in [0.29, 0.717) is 28.1 Å². The molecule has 0 spiro atoms. The molecule has 0 aliphatic heterocycles. The average molecular weight is 473 g/mol. The third-order valence-corrected chi connectivity index (χ3v) is 6.39. The van der Waals surface area contributed by atoms with Gasteiger partial charge in [-0.25, -0.2) is 9.97 Å². The Kier molecular flexibility index (Phi) is 5.16. The highest BCUT2D eigenvalue weighted by molar-refractivity contribution is 6.10. The SMILES string of the molecule is N#Cc1cnc(-c2ccc(-n3c4ccccc4c4cc(-c5cccc(C#N)c5)ccc43)c(C#N)c2)nc1. The largest absolute Gasteiger partial charge is 0.308 e. The summed E-state index contributed by atoms with van der Waals surface area (Å²) in [5.41, 5.74) is 6.88. The molecule has 6 heteroatoms. The van der Waals surface area contributed by atoms with Gasteiger partial charge in [-0.3, -0.25) is 0 Å². The van der Waals surface area contributed by atoms with Gasteiger partial charge in [-0.05, 0) is 59.7 Å². The summed E-state index contributed by atoms with van der Waals surface area (Å²) in [4.78, 5) is 8.54. The van der Waals surface area contributed by atoms with Gasteiger partial charge in [0.1, 0.15) is 12.1 Å². The van der Waals surface area contributed by atoms with Crippen molar-refractivity contribution in [3.63, 3.8) is 0 Å². The van der Waals surface area contributed by atoms with Crippen molar-refractivity contribution in [3.8, 4) is 46.4 Å². The second kappa shape index (κ2) is 8.78. The lowest BCUT2D eigenvalue weighted by atomic mass is 10.0. The first kappa shape index (κ1) is 21.7. The number of hydrogen-bond acceptors (Lipinski definition) is 5. The van der Waals surface area contributed by atoms with E-state index in [1.54, 1.807) is 12.1 Å². The Hall–Kier alpha value is -5.77. The van der Waals surface area contributed by atoms with Crippen LogP contribution in [-0.2, 0) is 0 Å². The Morgan fingerprint density at radius 2 is 1.30 bits per heavy atom. The third-order valence-electron chi connectivity index (χ3n) is 6.39. The van der Waals surface area contributed by atoms with E-state index in [4.69, 9.17) is 5.26 Å². The number of benzene rings is 4. The highest BCUT2D eigenvalue weighted by Crippen LogP contribution is 2.36. The molecule has 6 nitrogen and oxygen atoms in total. The molecule has 0 unspecified atom stereocenters. The Bertz CT molecular complexity index is 1960. The fourth-order valence-corrected chi connectivity index (χ4v) is 4.67. The monoisotopic (exact) mass is 472 g/mol. The first-order valence-corrected chi connectivity index (χ1v) is 11.5. The lowest BCUT2D eigenvalue weighted by Gasteiger charge is -2.11. The molecule has 0 N–H and O–H groups in total. The molecule has 2 aromatic heterocycles. The zero-order valence-corrected chi connectivity index (χ0v) is 19.4. The number of rotatable bonds is 3. The molecule has 4 aromatic carbocycles. The van der Waals surface area contributed by atoms with Gasteiger partial charge in [0.05, 0.1) is 39.5 Å². The van der Waals surface area contributed by atoms with E-state index in [1.807, 2.05) is 60.7 Å². The molecule has 0 bridgehead atoms. The fraction of sp³-hybridized carbons (Fsp3) is 0. The summed E-state index contributed by atoms with van der Waals surface area (Å²) >= 11 is 0. The first-order valence-electron chi connectivity index (χ1n) is 11.5. The van der Waals surface area contributed by atoms with Crippen LogP contribution >= 0.6 is 0 Å². The van der Waals surface area contributed by atoms with E-state index in [2.05, 4.69) is 44.9 Å². The summed E-state index contributed by atoms with van der Waals surface area (Å²) in [6.45, 7) is 0. The summed E-state index contributed by atoms with van der Waals surface area (Å²) in [5, 5.41) is 30.5. The van der Waals surface area contributed by atoms with Crippen LogP contribution in [0.15, 0.2) is 97.3 Å². The van der Waals surface area contributed by atoms with E-state index in [0.717, 1.165) is 38.6 Å². The Morgan fingerprint density at radius 1 is 0.568 bits per heavy atom. The molecule has 170 valence electrons. The Balaban J connectivity index is 1.55. The molecule has 0 radical (unpaired) electrons. The van der Waals surface area contributed by atoms with Crippen LogP contribution in [0.2, 0.25) is 0 Å². The molecule has 0 saturated carbocycles. The average Bonchev–Trinajstić information content (AvgIpc) is 3.30. The third kappa shape index (κ3) is 3.65. The van der Waals surface area contributed by atoms with Gasteiger partial charge < -0.3 is 4.57 Å². The molecule has 2 heterocycles. The van der Waals surface area contributed by atoms with Crippen LogP contribution in [0, 0.1) is 34.0 Å². The number of para-hydroxylation sites is 1. The number of nitrogens with zero attached hydrogens (tertiary/aromatic N) is 6. The minimum Gasteiger partial charge on any atom is -0.308 e. The van der Waals surface area contributed by atoms with E-state index in [9.17, 15) is 10.5 Å². The van der Waals surface area contributed by atoms with Gasteiger partial charge in [-0.15, -0.1) is 0 Å². The summed E-state index contributed by atoms with van der Waals surface area (Å²) < 4.78 is 2.10. The second-order valence-electron chi connectivity index (χ2n) is 8.53. The molecule has 0 aliphatic carbocycles. The Labute approximate surface area is 212 Å². The Morgan fingerprint density at radius 3 is 2.08 bits per heavy atom. The van der Waals surface area contributed by atoms with Crippen molar-refractivity contribution in [2.24, 2.45) is 0 Å². The molecule has 0 fully saturated rings. The topological polar surface area (TPSA) is 102 Å². The highest BCUT2D eigenvalue weighted by Gasteiger charge is 2.16. The van der Waals surface area contributed by atoms with Crippen molar-refractivity contribution in [2.75, 3.05) is 0 Å². The molecular weight excluding hydrogens is 456 g/mol. The predicted octanol–water partition coefficient (Wildman–Crippen LogP) is 6.52. The van der Waals surface area contributed by atoms with Crippen LogP contribution < -0.4 is 0 Å². The minimum absolute atomic E-state index is 0.380. The maximum Gasteiger partial charge on any atom is 0.159 e. The highest BCUT2D eigenvalue weighted by atomic mass is 15.0. The summed E-state index contributed by atoms with van der Waals surface area (Å²) in [7, 11) is 0. The van der Waals surface area contributed by atoms with Gasteiger partial charge in [0, 0.05) is 28.7 Å². The summed E-state index contributed by atoms with van der Waals surface area (Å²) in [6.07, 6.45) is 2.94. The first-order chi connectivity index (χ1) is 18.2. The zero-order valence-electron chi connectivity index (χ0n) is 19.4. The smallest absolute Gasteiger partial charge is 0.159 e. The maximum atomic E-state index is 10.1. The van der Waals surface area contributed by atoms with E-state index in [1.165, 1.54) is 12.4 Å². The van der Waals surface area contributed by atoms with Gasteiger partial charge >= 0.3 is 0 Å². The van der Waals surface area contributed by atoms with Crippen LogP contribution in [0.3, 0.4) is 0 Å². The molecule has 0 amide bonds. The van der Waals surface area contributed by atoms with E-state index < -0.39 is 0 Å². The van der Waals surface area contributed by atoms with E-state index >= 15 is 0 Å². The molecular formula is C31H16N6. The lowest BCUT2D eigenvalue weighted by molar-refractivity contribution is 1.14. The fourth-order valence-electron chi connectivity index (χ4n) is 4.67. The van der Waals surface area contributed by atoms with Crippen molar-refractivity contribution >= 4 is 21.8 Å². The molecule has 37 heavy (non-hydrogen) atoms. The number of fused-ring (bicyclic) bond motifs is 3. The van der Waals surface area contributed by atoms with Crippen LogP contribution in [-0.4, -0.2) is 14.5 Å². The second-order valence-corrected chi connectivity index (χ2v) is 8.53. The maximum absolute atomic E-state index is 10.1. The van der Waals surface area contributed by atoms with Crippen LogP contribution in [0.5, 0.6) is 0 Å². The van der Waals surface area contributed by atoms with Gasteiger partial charge in [0.25, 0.3) is 0 Å². The van der Waals surface area contributed by atoms with Crippen LogP contribution in [0.25, 0.3) is 50.0 Å². The van der Waals surface area contributed by atoms with Gasteiger partial charge in [-0.1, -0.05) is 36.4 Å². The van der Waals surface area contributed by atoms with Crippen molar-refractivity contribution in [2.45, 2.75) is 0 Å². The number of aromatic nitrogens is 3.